The average Bonchev–Trinajstić information content (AvgIpc) is 3.02. The molecule has 194 valence electrons. The van der Waals surface area contributed by atoms with Crippen LogP contribution >= 0.6 is 0 Å². The van der Waals surface area contributed by atoms with Crippen LogP contribution in [-0.2, 0) is 6.54 Å². The Bertz CT molecular complexity index is 1220. The summed E-state index contributed by atoms with van der Waals surface area (Å²) in [4.78, 5) is 38.5. The van der Waals surface area contributed by atoms with Gasteiger partial charge in [-0.2, -0.15) is 4.98 Å². The first-order valence-corrected chi connectivity index (χ1v) is 12.2. The molecule has 1 aromatic heterocycles. The van der Waals surface area contributed by atoms with Crippen LogP contribution < -0.4 is 15.0 Å². The second-order valence-corrected chi connectivity index (χ2v) is 8.93. The molecule has 2 heterocycles. The number of anilines is 2. The van der Waals surface area contributed by atoms with E-state index in [9.17, 15) is 14.7 Å². The number of likely N-dealkylation sites (N-methyl/N-ethyl adjacent to an activating group) is 2. The minimum Gasteiger partial charge on any atom is -0.484 e. The van der Waals surface area contributed by atoms with Crippen LogP contribution in [0, 0.1) is 0 Å². The molecule has 2 amide bonds. The Morgan fingerprint density at radius 2 is 1.89 bits per heavy atom. The third-order valence-electron chi connectivity index (χ3n) is 6.20. The number of nitrogens with zero attached hydrogens (tertiary/aromatic N) is 5. The van der Waals surface area contributed by atoms with Gasteiger partial charge in [0.2, 0.25) is 5.95 Å². The van der Waals surface area contributed by atoms with Gasteiger partial charge in [0.05, 0.1) is 6.54 Å². The lowest BCUT2D eigenvalue weighted by Crippen LogP contribution is -2.33. The zero-order valence-corrected chi connectivity index (χ0v) is 21.3. The number of amides is 2. The number of fused-ring (bicyclic) bond motifs is 1. The van der Waals surface area contributed by atoms with Crippen molar-refractivity contribution in [2.24, 2.45) is 0 Å². The lowest BCUT2D eigenvalue weighted by Gasteiger charge is -2.24. The number of ether oxygens (including phenoxy) is 1. The van der Waals surface area contributed by atoms with Crippen molar-refractivity contribution < 1.29 is 19.4 Å². The SMILES string of the molecule is CCNc1ncc2c(n1)N(C)CCN(Cc1ccc(OC(CN(C)C(=O)O)c3ccccc3)cc1)C2=O. The van der Waals surface area contributed by atoms with Gasteiger partial charge < -0.3 is 29.9 Å². The number of nitrogens with one attached hydrogen (secondary N) is 1. The van der Waals surface area contributed by atoms with Crippen molar-refractivity contribution in [1.29, 1.82) is 0 Å². The van der Waals surface area contributed by atoms with Crippen LogP contribution in [0.2, 0.25) is 0 Å². The predicted molar refractivity (Wildman–Crippen MR) is 141 cm³/mol. The van der Waals surface area contributed by atoms with Gasteiger partial charge in [0.1, 0.15) is 23.2 Å². The summed E-state index contributed by atoms with van der Waals surface area (Å²) in [7, 11) is 3.44. The van der Waals surface area contributed by atoms with Gasteiger partial charge in [-0.3, -0.25) is 4.79 Å². The summed E-state index contributed by atoms with van der Waals surface area (Å²) in [5, 5.41) is 12.4. The maximum absolute atomic E-state index is 13.3. The fraction of sp³-hybridized carbons (Fsp3) is 0.333. The molecule has 0 bridgehead atoms. The maximum atomic E-state index is 13.3. The van der Waals surface area contributed by atoms with Crippen molar-refractivity contribution in [1.82, 2.24) is 19.8 Å². The summed E-state index contributed by atoms with van der Waals surface area (Å²) < 4.78 is 6.18. The number of carbonyl (C=O) groups excluding carboxylic acids is 1. The highest BCUT2D eigenvalue weighted by Crippen LogP contribution is 2.26. The molecule has 1 aliphatic heterocycles. The second kappa shape index (κ2) is 11.6. The zero-order chi connectivity index (χ0) is 26.4. The minimum absolute atomic E-state index is 0.108. The minimum atomic E-state index is -1.02. The Labute approximate surface area is 216 Å². The number of carbonyl (C=O) groups is 2. The maximum Gasteiger partial charge on any atom is 0.407 e. The molecule has 1 aliphatic rings. The third kappa shape index (κ3) is 6.27. The van der Waals surface area contributed by atoms with Crippen LogP contribution in [0.15, 0.2) is 60.8 Å². The molecule has 4 rings (SSSR count). The van der Waals surface area contributed by atoms with E-state index in [1.165, 1.54) is 11.9 Å². The van der Waals surface area contributed by atoms with Gasteiger partial charge in [0.25, 0.3) is 5.91 Å². The lowest BCUT2D eigenvalue weighted by molar-refractivity contribution is 0.0754. The number of carboxylic acid groups (broad SMARTS) is 1. The lowest BCUT2D eigenvalue weighted by atomic mass is 10.1. The molecule has 37 heavy (non-hydrogen) atoms. The fourth-order valence-corrected chi connectivity index (χ4v) is 4.12. The molecule has 10 nitrogen and oxygen atoms in total. The highest BCUT2D eigenvalue weighted by atomic mass is 16.5. The van der Waals surface area contributed by atoms with Gasteiger partial charge in [-0.1, -0.05) is 42.5 Å². The standard InChI is InChI=1S/C27H32N6O4/c1-4-28-26-29-16-22-24(30-26)31(2)14-15-33(25(22)34)17-19-10-12-21(13-11-19)37-23(18-32(3)27(35)36)20-8-6-5-7-9-20/h5-13,16,23H,4,14-15,17-18H2,1-3H3,(H,35,36)(H,28,29,30). The predicted octanol–water partition coefficient (Wildman–Crippen LogP) is 3.73. The number of benzene rings is 2. The average molecular weight is 505 g/mol. The Kier molecular flexibility index (Phi) is 8.07. The van der Waals surface area contributed by atoms with Crippen molar-refractivity contribution in [3.05, 3.63) is 77.5 Å². The van der Waals surface area contributed by atoms with E-state index < -0.39 is 12.2 Å². The van der Waals surface area contributed by atoms with Crippen LogP contribution in [0.5, 0.6) is 5.75 Å². The number of hydrogen-bond acceptors (Lipinski definition) is 7. The van der Waals surface area contributed by atoms with E-state index in [-0.39, 0.29) is 12.5 Å². The molecule has 10 heteroatoms. The summed E-state index contributed by atoms with van der Waals surface area (Å²) in [5.41, 5.74) is 2.32. The number of aromatic nitrogens is 2. The molecule has 0 aliphatic carbocycles. The van der Waals surface area contributed by atoms with E-state index in [4.69, 9.17) is 4.74 Å². The molecule has 2 aromatic carbocycles. The number of rotatable bonds is 9. The summed E-state index contributed by atoms with van der Waals surface area (Å²) in [6, 6.07) is 17.1. The van der Waals surface area contributed by atoms with Gasteiger partial charge in [-0.25, -0.2) is 9.78 Å². The van der Waals surface area contributed by atoms with Crippen LogP contribution in [0.25, 0.3) is 0 Å². The molecule has 0 saturated heterocycles. The van der Waals surface area contributed by atoms with Gasteiger partial charge in [-0.15, -0.1) is 0 Å². The van der Waals surface area contributed by atoms with Crippen LogP contribution in [-0.4, -0.2) is 77.1 Å². The Hall–Kier alpha value is -4.34. The van der Waals surface area contributed by atoms with E-state index in [1.54, 1.807) is 11.1 Å². The van der Waals surface area contributed by atoms with E-state index >= 15 is 0 Å². The van der Waals surface area contributed by atoms with E-state index in [2.05, 4.69) is 15.3 Å². The van der Waals surface area contributed by atoms with Gasteiger partial charge in [-0.05, 0) is 30.2 Å². The van der Waals surface area contributed by atoms with Crippen molar-refractivity contribution in [3.63, 3.8) is 0 Å². The summed E-state index contributed by atoms with van der Waals surface area (Å²) in [6.07, 6.45) is 0.114. The summed E-state index contributed by atoms with van der Waals surface area (Å²) in [5.74, 6) is 1.64. The topological polar surface area (TPSA) is 111 Å². The highest BCUT2D eigenvalue weighted by molar-refractivity contribution is 5.99. The van der Waals surface area contributed by atoms with Gasteiger partial charge >= 0.3 is 6.09 Å². The first-order chi connectivity index (χ1) is 17.9. The molecule has 3 aromatic rings. The molecular formula is C27H32N6O4. The van der Waals surface area contributed by atoms with Crippen molar-refractivity contribution in [2.75, 3.05) is 50.5 Å². The molecular weight excluding hydrogens is 472 g/mol. The smallest absolute Gasteiger partial charge is 0.407 e. The summed E-state index contributed by atoms with van der Waals surface area (Å²) in [6.45, 7) is 4.50. The third-order valence-corrected chi connectivity index (χ3v) is 6.20. The molecule has 0 spiro atoms. The fourth-order valence-electron chi connectivity index (χ4n) is 4.12. The quantitative estimate of drug-likeness (QED) is 0.454. The van der Waals surface area contributed by atoms with Gasteiger partial charge in [0.15, 0.2) is 0 Å². The van der Waals surface area contributed by atoms with Crippen molar-refractivity contribution >= 4 is 23.8 Å². The first kappa shape index (κ1) is 25.7. The Morgan fingerprint density at radius 1 is 1.16 bits per heavy atom. The van der Waals surface area contributed by atoms with E-state index in [0.29, 0.717) is 49.3 Å². The van der Waals surface area contributed by atoms with E-state index in [1.807, 2.05) is 73.5 Å². The molecule has 0 radical (unpaired) electrons. The monoisotopic (exact) mass is 504 g/mol. The molecule has 1 unspecified atom stereocenters. The van der Waals surface area contributed by atoms with Crippen LogP contribution in [0.3, 0.4) is 0 Å². The normalized spacial score (nSPS) is 14.0. The second-order valence-electron chi connectivity index (χ2n) is 8.93. The first-order valence-electron chi connectivity index (χ1n) is 12.2. The van der Waals surface area contributed by atoms with Crippen molar-refractivity contribution in [2.45, 2.75) is 19.6 Å². The van der Waals surface area contributed by atoms with Gasteiger partial charge in [0, 0.05) is 46.5 Å². The summed E-state index contributed by atoms with van der Waals surface area (Å²) >= 11 is 0. The van der Waals surface area contributed by atoms with E-state index in [0.717, 1.165) is 11.1 Å². The molecule has 0 fully saturated rings. The molecule has 1 atom stereocenters. The zero-order valence-electron chi connectivity index (χ0n) is 21.3. The number of hydrogen-bond donors (Lipinski definition) is 2. The Morgan fingerprint density at radius 3 is 2.57 bits per heavy atom. The van der Waals surface area contributed by atoms with Crippen LogP contribution in [0.1, 0.15) is 34.5 Å². The molecule has 2 N–H and O–H groups in total. The molecule has 0 saturated carbocycles. The van der Waals surface area contributed by atoms with Crippen molar-refractivity contribution in [3.8, 4) is 5.75 Å². The largest absolute Gasteiger partial charge is 0.484 e. The highest BCUT2D eigenvalue weighted by Gasteiger charge is 2.27. The van der Waals surface area contributed by atoms with Crippen LogP contribution in [0.4, 0.5) is 16.6 Å². The Balaban J connectivity index is 1.47.